The summed E-state index contributed by atoms with van der Waals surface area (Å²) in [6, 6.07) is 12.6. The molecule has 0 saturated carbocycles. The zero-order valence-corrected chi connectivity index (χ0v) is 21.6. The fourth-order valence-corrected chi connectivity index (χ4v) is 5.28. The molecule has 0 aromatic heterocycles. The van der Waals surface area contributed by atoms with Crippen LogP contribution in [-0.4, -0.2) is 51.3 Å². The molecule has 2 atom stereocenters. The Morgan fingerprint density at radius 3 is 2.60 bits per heavy atom. The van der Waals surface area contributed by atoms with Crippen LogP contribution in [0.4, 0.5) is 0 Å². The first kappa shape index (κ1) is 25.4. The van der Waals surface area contributed by atoms with Gasteiger partial charge >= 0.3 is 0 Å². The number of hydrogen-bond acceptors (Lipinski definition) is 5. The molecule has 35 heavy (non-hydrogen) atoms. The second-order valence-electron chi connectivity index (χ2n) is 10.4. The average molecular weight is 481 g/mol. The molecule has 190 valence electrons. The fourth-order valence-electron chi connectivity index (χ4n) is 5.28. The second kappa shape index (κ2) is 11.8. The Hall–Kier alpha value is -2.73. The zero-order valence-electron chi connectivity index (χ0n) is 21.6. The topological polar surface area (TPSA) is 60.0 Å². The quantitative estimate of drug-likeness (QED) is 0.543. The van der Waals surface area contributed by atoms with Crippen LogP contribution in [0.1, 0.15) is 43.4 Å². The van der Waals surface area contributed by atoms with Gasteiger partial charge < -0.3 is 19.5 Å². The first-order chi connectivity index (χ1) is 16.9. The van der Waals surface area contributed by atoms with E-state index in [4.69, 9.17) is 14.2 Å². The number of amides is 1. The van der Waals surface area contributed by atoms with Crippen molar-refractivity contribution >= 4 is 5.91 Å². The van der Waals surface area contributed by atoms with Crippen molar-refractivity contribution in [2.24, 2.45) is 17.8 Å². The summed E-state index contributed by atoms with van der Waals surface area (Å²) in [5.74, 6) is 3.22. The highest BCUT2D eigenvalue weighted by molar-refractivity contribution is 5.79. The van der Waals surface area contributed by atoms with E-state index < -0.39 is 0 Å². The van der Waals surface area contributed by atoms with E-state index in [0.717, 1.165) is 55.3 Å². The first-order valence-electron chi connectivity index (χ1n) is 12.9. The number of carbonyl (C=O) groups excluding carboxylic acids is 1. The van der Waals surface area contributed by atoms with Crippen LogP contribution in [0.5, 0.6) is 17.2 Å². The number of likely N-dealkylation sites (tertiary alicyclic amines) is 1. The summed E-state index contributed by atoms with van der Waals surface area (Å²) in [6.45, 7) is 7.97. The summed E-state index contributed by atoms with van der Waals surface area (Å²) in [7, 11) is 3.30. The van der Waals surface area contributed by atoms with Crippen LogP contribution in [0.25, 0.3) is 0 Å². The Morgan fingerprint density at radius 2 is 1.83 bits per heavy atom. The van der Waals surface area contributed by atoms with E-state index in [1.165, 1.54) is 24.0 Å². The molecular formula is C29H40N2O4. The maximum Gasteiger partial charge on any atom is 0.224 e. The molecule has 1 aliphatic carbocycles. The van der Waals surface area contributed by atoms with Crippen molar-refractivity contribution in [3.63, 3.8) is 0 Å². The minimum atomic E-state index is -0.0451. The number of carbonyl (C=O) groups is 1. The van der Waals surface area contributed by atoms with Crippen molar-refractivity contribution in [2.75, 3.05) is 40.5 Å². The van der Waals surface area contributed by atoms with Gasteiger partial charge in [0.05, 0.1) is 26.7 Å². The Balaban J connectivity index is 1.44. The Bertz CT molecular complexity index is 1010. The second-order valence-corrected chi connectivity index (χ2v) is 10.4. The Labute approximate surface area is 209 Å². The number of nitrogens with one attached hydrogen (secondary N) is 1. The third-order valence-corrected chi connectivity index (χ3v) is 7.08. The molecule has 6 heteroatoms. The molecular weight excluding hydrogens is 440 g/mol. The van der Waals surface area contributed by atoms with Gasteiger partial charge in [0, 0.05) is 32.1 Å². The lowest BCUT2D eigenvalue weighted by Gasteiger charge is -2.37. The van der Waals surface area contributed by atoms with E-state index in [-0.39, 0.29) is 17.7 Å². The van der Waals surface area contributed by atoms with E-state index in [1.54, 1.807) is 14.2 Å². The fraction of sp³-hybridized carbons (Fsp3) is 0.552. The van der Waals surface area contributed by atoms with Crippen LogP contribution >= 0.6 is 0 Å². The lowest BCUT2D eigenvalue weighted by Crippen LogP contribution is -2.47. The molecule has 4 rings (SSSR count). The smallest absolute Gasteiger partial charge is 0.224 e. The van der Waals surface area contributed by atoms with E-state index >= 15 is 0 Å². The molecule has 1 saturated heterocycles. The molecule has 1 N–H and O–H groups in total. The molecule has 2 aromatic rings. The number of hydrogen-bond donors (Lipinski definition) is 1. The minimum absolute atomic E-state index is 0.0451. The number of aryl methyl sites for hydroxylation is 2. The highest BCUT2D eigenvalue weighted by Crippen LogP contribution is 2.31. The van der Waals surface area contributed by atoms with Crippen LogP contribution in [0, 0.1) is 17.8 Å². The Morgan fingerprint density at radius 1 is 1.03 bits per heavy atom. The van der Waals surface area contributed by atoms with Crippen molar-refractivity contribution < 1.29 is 19.0 Å². The SMILES string of the molecule is COc1ccc(CN2C[C@@H](COc3ccc4c(c3)CCC4)C[C@@H](C(=O)NCC(C)C)C2)cc1OC. The lowest BCUT2D eigenvalue weighted by atomic mass is 9.88. The van der Waals surface area contributed by atoms with Gasteiger partial charge in [-0.05, 0) is 72.6 Å². The molecule has 1 amide bonds. The molecule has 0 unspecified atom stereocenters. The number of fused-ring (bicyclic) bond motifs is 1. The van der Waals surface area contributed by atoms with Gasteiger partial charge in [0.1, 0.15) is 5.75 Å². The van der Waals surface area contributed by atoms with E-state index in [9.17, 15) is 4.79 Å². The van der Waals surface area contributed by atoms with Crippen LogP contribution < -0.4 is 19.5 Å². The largest absolute Gasteiger partial charge is 0.493 e. The van der Waals surface area contributed by atoms with E-state index in [2.05, 4.69) is 48.3 Å². The van der Waals surface area contributed by atoms with Gasteiger partial charge in [0.25, 0.3) is 0 Å². The van der Waals surface area contributed by atoms with Gasteiger partial charge in [-0.25, -0.2) is 0 Å². The van der Waals surface area contributed by atoms with Gasteiger partial charge in [0.15, 0.2) is 11.5 Å². The number of methoxy groups -OCH3 is 2. The summed E-state index contributed by atoms with van der Waals surface area (Å²) in [5, 5.41) is 3.15. The van der Waals surface area contributed by atoms with Gasteiger partial charge in [-0.15, -0.1) is 0 Å². The summed E-state index contributed by atoms with van der Waals surface area (Å²) < 4.78 is 17.1. The van der Waals surface area contributed by atoms with Crippen molar-refractivity contribution in [1.29, 1.82) is 0 Å². The molecule has 6 nitrogen and oxygen atoms in total. The van der Waals surface area contributed by atoms with Crippen LogP contribution in [0.15, 0.2) is 36.4 Å². The zero-order chi connectivity index (χ0) is 24.8. The summed E-state index contributed by atoms with van der Waals surface area (Å²) in [4.78, 5) is 15.4. The summed E-state index contributed by atoms with van der Waals surface area (Å²) in [5.41, 5.74) is 4.02. The van der Waals surface area contributed by atoms with Crippen LogP contribution in [-0.2, 0) is 24.2 Å². The van der Waals surface area contributed by atoms with Crippen molar-refractivity contribution in [3.8, 4) is 17.2 Å². The summed E-state index contributed by atoms with van der Waals surface area (Å²) >= 11 is 0. The predicted molar refractivity (Wildman–Crippen MR) is 138 cm³/mol. The Kier molecular flexibility index (Phi) is 8.55. The molecule has 1 heterocycles. The minimum Gasteiger partial charge on any atom is -0.493 e. The number of rotatable bonds is 10. The van der Waals surface area contributed by atoms with Crippen molar-refractivity contribution in [2.45, 2.75) is 46.1 Å². The number of nitrogens with zero attached hydrogens (tertiary/aromatic N) is 1. The normalized spacial score (nSPS) is 19.9. The molecule has 2 aromatic carbocycles. The van der Waals surface area contributed by atoms with Crippen molar-refractivity contribution in [3.05, 3.63) is 53.1 Å². The molecule has 0 spiro atoms. The van der Waals surface area contributed by atoms with Gasteiger partial charge in [-0.1, -0.05) is 26.0 Å². The monoisotopic (exact) mass is 480 g/mol. The molecule has 0 bridgehead atoms. The highest BCUT2D eigenvalue weighted by Gasteiger charge is 2.32. The summed E-state index contributed by atoms with van der Waals surface area (Å²) in [6.07, 6.45) is 4.40. The molecule has 1 aliphatic heterocycles. The standard InChI is InChI=1S/C29H40N2O4/c1-20(2)15-30-29(32)25-12-22(19-35-26-10-9-23-6-5-7-24(23)14-26)17-31(18-25)16-21-8-11-27(33-3)28(13-21)34-4/h8-11,13-14,20,22,25H,5-7,12,15-19H2,1-4H3,(H,30,32)/t22-,25+/m0/s1. The molecule has 0 radical (unpaired) electrons. The highest BCUT2D eigenvalue weighted by atomic mass is 16.5. The predicted octanol–water partition coefficient (Wildman–Crippen LogP) is 4.48. The van der Waals surface area contributed by atoms with E-state index in [1.807, 2.05) is 12.1 Å². The maximum atomic E-state index is 13.0. The van der Waals surface area contributed by atoms with Gasteiger partial charge in [-0.2, -0.15) is 0 Å². The van der Waals surface area contributed by atoms with Gasteiger partial charge in [-0.3, -0.25) is 9.69 Å². The lowest BCUT2D eigenvalue weighted by molar-refractivity contribution is -0.128. The van der Waals surface area contributed by atoms with Crippen molar-refractivity contribution in [1.82, 2.24) is 10.2 Å². The van der Waals surface area contributed by atoms with E-state index in [0.29, 0.717) is 19.1 Å². The third kappa shape index (κ3) is 6.69. The van der Waals surface area contributed by atoms with Gasteiger partial charge in [0.2, 0.25) is 5.91 Å². The van der Waals surface area contributed by atoms with Crippen LogP contribution in [0.2, 0.25) is 0 Å². The van der Waals surface area contributed by atoms with Crippen LogP contribution in [0.3, 0.4) is 0 Å². The number of benzene rings is 2. The third-order valence-electron chi connectivity index (χ3n) is 7.08. The maximum absolute atomic E-state index is 13.0. The molecule has 1 fully saturated rings. The first-order valence-corrected chi connectivity index (χ1v) is 12.9. The number of piperidine rings is 1. The molecule has 2 aliphatic rings. The average Bonchev–Trinajstić information content (AvgIpc) is 3.33. The number of ether oxygens (including phenoxy) is 3.